The molecule has 1 aromatic carbocycles. The number of nitrogens with zero attached hydrogens (tertiary/aromatic N) is 4. The van der Waals surface area contributed by atoms with E-state index in [9.17, 15) is 9.59 Å². The lowest BCUT2D eigenvalue weighted by Gasteiger charge is -2.10. The van der Waals surface area contributed by atoms with E-state index < -0.39 is 0 Å². The van der Waals surface area contributed by atoms with E-state index in [0.29, 0.717) is 28.1 Å². The number of ether oxygens (including phenoxy) is 2. The fourth-order valence-electron chi connectivity index (χ4n) is 2.45. The van der Waals surface area contributed by atoms with Gasteiger partial charge in [-0.25, -0.2) is 4.98 Å². The van der Waals surface area contributed by atoms with Gasteiger partial charge in [0.05, 0.1) is 32.5 Å². The number of carbonyl (C=O) groups excluding carboxylic acids is 1. The van der Waals surface area contributed by atoms with Gasteiger partial charge < -0.3 is 9.47 Å². The Morgan fingerprint density at radius 2 is 2.04 bits per heavy atom. The summed E-state index contributed by atoms with van der Waals surface area (Å²) < 4.78 is 13.1. The van der Waals surface area contributed by atoms with Crippen LogP contribution >= 0.6 is 0 Å². The molecule has 3 rings (SSSR count). The third kappa shape index (κ3) is 2.62. The second-order valence-electron chi connectivity index (χ2n) is 5.17. The molecular weight excluding hydrogens is 312 g/mol. The fraction of sp³-hybridized carbons (Fsp3) is 0.250. The SMILES string of the molecule is COc1ccc(C(=O)Cn2cnc3c(cnn3C)c2=O)c(OC)c1. The van der Waals surface area contributed by atoms with Crippen LogP contribution in [0.2, 0.25) is 0 Å². The zero-order chi connectivity index (χ0) is 17.3. The number of benzene rings is 1. The Hall–Kier alpha value is -3.16. The van der Waals surface area contributed by atoms with Crippen molar-refractivity contribution in [2.75, 3.05) is 14.2 Å². The molecule has 3 aromatic rings. The summed E-state index contributed by atoms with van der Waals surface area (Å²) in [4.78, 5) is 29.2. The summed E-state index contributed by atoms with van der Waals surface area (Å²) in [5, 5.41) is 4.37. The van der Waals surface area contributed by atoms with Gasteiger partial charge in [0.25, 0.3) is 5.56 Å². The zero-order valence-electron chi connectivity index (χ0n) is 13.5. The summed E-state index contributed by atoms with van der Waals surface area (Å²) in [6, 6.07) is 4.90. The van der Waals surface area contributed by atoms with Gasteiger partial charge in [-0.1, -0.05) is 0 Å². The minimum Gasteiger partial charge on any atom is -0.497 e. The van der Waals surface area contributed by atoms with E-state index in [1.54, 1.807) is 25.2 Å². The van der Waals surface area contributed by atoms with Crippen molar-refractivity contribution in [1.82, 2.24) is 19.3 Å². The molecule has 0 saturated heterocycles. The van der Waals surface area contributed by atoms with Crippen molar-refractivity contribution in [3.05, 3.63) is 46.6 Å². The molecule has 0 aliphatic heterocycles. The van der Waals surface area contributed by atoms with Crippen molar-refractivity contribution < 1.29 is 14.3 Å². The molecule has 0 radical (unpaired) electrons. The van der Waals surface area contributed by atoms with Crippen LogP contribution in [0.3, 0.4) is 0 Å². The number of carbonyl (C=O) groups is 1. The topological polar surface area (TPSA) is 88.2 Å². The molecule has 0 N–H and O–H groups in total. The predicted molar refractivity (Wildman–Crippen MR) is 86.6 cm³/mol. The first kappa shape index (κ1) is 15.7. The van der Waals surface area contributed by atoms with E-state index in [0.717, 1.165) is 0 Å². The van der Waals surface area contributed by atoms with Crippen molar-refractivity contribution in [3.8, 4) is 11.5 Å². The Morgan fingerprint density at radius 3 is 2.75 bits per heavy atom. The molecule has 24 heavy (non-hydrogen) atoms. The molecule has 0 spiro atoms. The molecule has 0 aliphatic rings. The average Bonchev–Trinajstić information content (AvgIpc) is 2.98. The number of hydrogen-bond donors (Lipinski definition) is 0. The van der Waals surface area contributed by atoms with Gasteiger partial charge in [0.15, 0.2) is 11.4 Å². The fourth-order valence-corrected chi connectivity index (χ4v) is 2.45. The molecule has 8 nitrogen and oxygen atoms in total. The largest absolute Gasteiger partial charge is 0.497 e. The number of hydrogen-bond acceptors (Lipinski definition) is 6. The smallest absolute Gasteiger partial charge is 0.264 e. The van der Waals surface area contributed by atoms with Gasteiger partial charge in [0.1, 0.15) is 23.2 Å². The third-order valence-electron chi connectivity index (χ3n) is 3.74. The zero-order valence-corrected chi connectivity index (χ0v) is 13.5. The minimum atomic E-state index is -0.311. The summed E-state index contributed by atoms with van der Waals surface area (Å²) in [6.45, 7) is -0.140. The normalized spacial score (nSPS) is 10.8. The third-order valence-corrected chi connectivity index (χ3v) is 3.74. The number of aryl methyl sites for hydroxylation is 1. The molecule has 0 amide bonds. The predicted octanol–water partition coefficient (Wildman–Crippen LogP) is 1.03. The standard InChI is InChI=1S/C16H16N4O4/c1-19-15-12(7-18-19)16(22)20(9-17-15)8-13(21)11-5-4-10(23-2)6-14(11)24-3/h4-7,9H,8H2,1-3H3. The summed E-state index contributed by atoms with van der Waals surface area (Å²) in [5.74, 6) is 0.712. The van der Waals surface area contributed by atoms with E-state index in [2.05, 4.69) is 10.1 Å². The molecular formula is C16H16N4O4. The maximum Gasteiger partial charge on any atom is 0.264 e. The number of rotatable bonds is 5. The monoisotopic (exact) mass is 328 g/mol. The molecule has 0 fully saturated rings. The molecule has 2 heterocycles. The summed E-state index contributed by atoms with van der Waals surface area (Å²) in [7, 11) is 4.71. The number of Topliss-reactive ketones (excluding diaryl/α,β-unsaturated/α-hetero) is 1. The van der Waals surface area contributed by atoms with Gasteiger partial charge in [-0.05, 0) is 12.1 Å². The average molecular weight is 328 g/mol. The lowest BCUT2D eigenvalue weighted by atomic mass is 10.1. The Bertz CT molecular complexity index is 974. The van der Waals surface area contributed by atoms with Crippen molar-refractivity contribution in [2.24, 2.45) is 7.05 Å². The van der Waals surface area contributed by atoms with Gasteiger partial charge in [0, 0.05) is 13.1 Å². The summed E-state index contributed by atoms with van der Waals surface area (Å²) >= 11 is 0. The highest BCUT2D eigenvalue weighted by atomic mass is 16.5. The highest BCUT2D eigenvalue weighted by Gasteiger charge is 2.16. The number of methoxy groups -OCH3 is 2. The van der Waals surface area contributed by atoms with Gasteiger partial charge in [0.2, 0.25) is 0 Å². The van der Waals surface area contributed by atoms with Gasteiger partial charge in [-0.3, -0.25) is 18.8 Å². The second kappa shape index (κ2) is 6.15. The maximum absolute atomic E-state index is 12.6. The van der Waals surface area contributed by atoms with Crippen LogP contribution in [0.15, 0.2) is 35.5 Å². The maximum atomic E-state index is 12.6. The molecule has 0 unspecified atom stereocenters. The minimum absolute atomic E-state index is 0.140. The van der Waals surface area contributed by atoms with E-state index in [1.807, 2.05) is 0 Å². The highest BCUT2D eigenvalue weighted by Crippen LogP contribution is 2.25. The quantitative estimate of drug-likeness (QED) is 0.650. The first-order valence-electron chi connectivity index (χ1n) is 7.17. The van der Waals surface area contributed by atoms with Gasteiger partial charge in [-0.15, -0.1) is 0 Å². The van der Waals surface area contributed by atoms with Crippen LogP contribution in [-0.4, -0.2) is 39.3 Å². The van der Waals surface area contributed by atoms with Crippen LogP contribution in [0.5, 0.6) is 11.5 Å². The van der Waals surface area contributed by atoms with Crippen LogP contribution < -0.4 is 15.0 Å². The molecule has 124 valence electrons. The van der Waals surface area contributed by atoms with E-state index >= 15 is 0 Å². The van der Waals surface area contributed by atoms with Crippen molar-refractivity contribution in [2.45, 2.75) is 6.54 Å². The van der Waals surface area contributed by atoms with Crippen LogP contribution in [-0.2, 0) is 13.6 Å². The first-order chi connectivity index (χ1) is 11.5. The molecule has 0 atom stereocenters. The lowest BCUT2D eigenvalue weighted by molar-refractivity contribution is 0.0967. The Labute approximate surface area is 137 Å². The molecule has 2 aromatic heterocycles. The molecule has 8 heteroatoms. The molecule has 0 bridgehead atoms. The Balaban J connectivity index is 1.95. The van der Waals surface area contributed by atoms with Gasteiger partial charge >= 0.3 is 0 Å². The van der Waals surface area contributed by atoms with Crippen LogP contribution in [0.1, 0.15) is 10.4 Å². The van der Waals surface area contributed by atoms with Crippen LogP contribution in [0.4, 0.5) is 0 Å². The van der Waals surface area contributed by atoms with Crippen molar-refractivity contribution in [1.29, 1.82) is 0 Å². The van der Waals surface area contributed by atoms with Crippen LogP contribution in [0.25, 0.3) is 11.0 Å². The summed E-state index contributed by atoms with van der Waals surface area (Å²) in [6.07, 6.45) is 2.79. The number of fused-ring (bicyclic) bond motifs is 1. The Morgan fingerprint density at radius 1 is 1.25 bits per heavy atom. The van der Waals surface area contributed by atoms with Crippen molar-refractivity contribution >= 4 is 16.8 Å². The lowest BCUT2D eigenvalue weighted by Crippen LogP contribution is -2.24. The number of ketones is 1. The molecule has 0 aliphatic carbocycles. The number of aromatic nitrogens is 4. The Kier molecular flexibility index (Phi) is 4.03. The van der Waals surface area contributed by atoms with Gasteiger partial charge in [-0.2, -0.15) is 5.10 Å². The van der Waals surface area contributed by atoms with E-state index in [1.165, 1.54) is 36.0 Å². The van der Waals surface area contributed by atoms with E-state index in [-0.39, 0.29) is 17.9 Å². The van der Waals surface area contributed by atoms with Crippen molar-refractivity contribution in [3.63, 3.8) is 0 Å². The highest BCUT2D eigenvalue weighted by molar-refractivity contribution is 5.98. The van der Waals surface area contributed by atoms with E-state index in [4.69, 9.17) is 9.47 Å². The first-order valence-corrected chi connectivity index (χ1v) is 7.17. The molecule has 0 saturated carbocycles. The second-order valence-corrected chi connectivity index (χ2v) is 5.17. The van der Waals surface area contributed by atoms with Crippen LogP contribution in [0, 0.1) is 0 Å². The summed E-state index contributed by atoms with van der Waals surface area (Å²) in [5.41, 5.74) is 0.538.